The Kier molecular flexibility index (Phi) is 4.20. The Hall–Kier alpha value is -1.91. The molecule has 0 spiro atoms. The molecule has 0 amide bonds. The summed E-state index contributed by atoms with van der Waals surface area (Å²) in [5.41, 5.74) is 0.640. The summed E-state index contributed by atoms with van der Waals surface area (Å²) < 4.78 is 10.1. The number of phenols is 1. The van der Waals surface area contributed by atoms with Crippen LogP contribution < -0.4 is 9.47 Å². The van der Waals surface area contributed by atoms with Gasteiger partial charge in [-0.2, -0.15) is 0 Å². The standard InChI is InChI=1S/C12H16O5/c1-7(12(14)15)4-8-5-9(13)11(17-3)6-10(8)16-2/h5-7,13H,4H2,1-3H3,(H,14,15). The van der Waals surface area contributed by atoms with Gasteiger partial charge in [-0.1, -0.05) is 6.92 Å². The number of rotatable bonds is 5. The molecular weight excluding hydrogens is 224 g/mol. The number of carboxylic acid groups (broad SMARTS) is 1. The molecule has 1 rings (SSSR count). The van der Waals surface area contributed by atoms with Gasteiger partial charge in [0.2, 0.25) is 0 Å². The van der Waals surface area contributed by atoms with Gasteiger partial charge >= 0.3 is 5.97 Å². The van der Waals surface area contributed by atoms with Crippen LogP contribution in [0.15, 0.2) is 12.1 Å². The first-order valence-electron chi connectivity index (χ1n) is 5.16. The molecule has 1 unspecified atom stereocenters. The summed E-state index contributed by atoms with van der Waals surface area (Å²) in [4.78, 5) is 10.8. The molecule has 1 aromatic carbocycles. The molecular formula is C12H16O5. The van der Waals surface area contributed by atoms with Crippen LogP contribution in [0.25, 0.3) is 0 Å². The van der Waals surface area contributed by atoms with Crippen molar-refractivity contribution in [2.45, 2.75) is 13.3 Å². The van der Waals surface area contributed by atoms with Crippen LogP contribution >= 0.6 is 0 Å². The fraction of sp³-hybridized carbons (Fsp3) is 0.417. The second kappa shape index (κ2) is 5.43. The third-order valence-electron chi connectivity index (χ3n) is 2.53. The van der Waals surface area contributed by atoms with Gasteiger partial charge in [-0.15, -0.1) is 0 Å². The van der Waals surface area contributed by atoms with E-state index in [-0.39, 0.29) is 12.2 Å². The summed E-state index contributed by atoms with van der Waals surface area (Å²) in [5.74, 6) is -0.652. The van der Waals surface area contributed by atoms with E-state index in [1.807, 2.05) is 0 Å². The number of aliphatic carboxylic acids is 1. The van der Waals surface area contributed by atoms with E-state index in [9.17, 15) is 9.90 Å². The molecule has 94 valence electrons. The second-order valence-electron chi connectivity index (χ2n) is 3.78. The lowest BCUT2D eigenvalue weighted by Gasteiger charge is -2.13. The molecule has 2 N–H and O–H groups in total. The molecule has 0 saturated carbocycles. The molecule has 1 atom stereocenters. The number of benzene rings is 1. The van der Waals surface area contributed by atoms with Gasteiger partial charge in [0.15, 0.2) is 11.5 Å². The number of methoxy groups -OCH3 is 2. The molecule has 0 aromatic heterocycles. The van der Waals surface area contributed by atoms with Gasteiger partial charge < -0.3 is 19.7 Å². The average molecular weight is 240 g/mol. The van der Waals surface area contributed by atoms with Gasteiger partial charge in [-0.05, 0) is 18.1 Å². The van der Waals surface area contributed by atoms with Crippen molar-refractivity contribution in [3.8, 4) is 17.2 Å². The van der Waals surface area contributed by atoms with Crippen LogP contribution in [0.4, 0.5) is 0 Å². The van der Waals surface area contributed by atoms with Crippen LogP contribution in [-0.4, -0.2) is 30.4 Å². The maximum absolute atomic E-state index is 10.8. The number of carbonyl (C=O) groups is 1. The highest BCUT2D eigenvalue weighted by Gasteiger charge is 2.17. The van der Waals surface area contributed by atoms with Crippen molar-refractivity contribution in [1.29, 1.82) is 0 Å². The van der Waals surface area contributed by atoms with E-state index in [4.69, 9.17) is 14.6 Å². The minimum Gasteiger partial charge on any atom is -0.504 e. The highest BCUT2D eigenvalue weighted by Crippen LogP contribution is 2.34. The number of aromatic hydroxyl groups is 1. The SMILES string of the molecule is COc1cc(OC)c(CC(C)C(=O)O)cc1O. The largest absolute Gasteiger partial charge is 0.504 e. The molecule has 5 nitrogen and oxygen atoms in total. The fourth-order valence-corrected chi connectivity index (χ4v) is 1.52. The van der Waals surface area contributed by atoms with Crippen LogP contribution in [-0.2, 0) is 11.2 Å². The number of ether oxygens (including phenoxy) is 2. The third kappa shape index (κ3) is 3.03. The molecule has 5 heteroatoms. The Labute approximate surface area is 99.6 Å². The quantitative estimate of drug-likeness (QED) is 0.818. The number of hydrogen-bond acceptors (Lipinski definition) is 4. The molecule has 17 heavy (non-hydrogen) atoms. The lowest BCUT2D eigenvalue weighted by Crippen LogP contribution is -2.12. The first-order chi connectivity index (χ1) is 7.99. The third-order valence-corrected chi connectivity index (χ3v) is 2.53. The van der Waals surface area contributed by atoms with Gasteiger partial charge in [0.05, 0.1) is 20.1 Å². The van der Waals surface area contributed by atoms with E-state index in [1.54, 1.807) is 13.0 Å². The van der Waals surface area contributed by atoms with Gasteiger partial charge in [0.1, 0.15) is 5.75 Å². The molecule has 0 heterocycles. The second-order valence-corrected chi connectivity index (χ2v) is 3.78. The Morgan fingerprint density at radius 2 is 1.88 bits per heavy atom. The highest BCUT2D eigenvalue weighted by atomic mass is 16.5. The van der Waals surface area contributed by atoms with Crippen molar-refractivity contribution < 1.29 is 24.5 Å². The van der Waals surface area contributed by atoms with E-state index in [0.717, 1.165) is 0 Å². The van der Waals surface area contributed by atoms with Crippen LogP contribution in [0.5, 0.6) is 17.2 Å². The van der Waals surface area contributed by atoms with Gasteiger partial charge in [0.25, 0.3) is 0 Å². The number of carboxylic acids is 1. The Bertz CT molecular complexity index is 414. The van der Waals surface area contributed by atoms with Gasteiger partial charge in [-0.3, -0.25) is 4.79 Å². The van der Waals surface area contributed by atoms with Crippen molar-refractivity contribution in [1.82, 2.24) is 0 Å². The summed E-state index contributed by atoms with van der Waals surface area (Å²) in [6.45, 7) is 1.60. The zero-order valence-corrected chi connectivity index (χ0v) is 10.1. The van der Waals surface area contributed by atoms with E-state index in [2.05, 4.69) is 0 Å². The fourth-order valence-electron chi connectivity index (χ4n) is 1.52. The van der Waals surface area contributed by atoms with Crippen molar-refractivity contribution in [3.05, 3.63) is 17.7 Å². The molecule has 0 aliphatic heterocycles. The lowest BCUT2D eigenvalue weighted by atomic mass is 10.00. The van der Waals surface area contributed by atoms with E-state index in [0.29, 0.717) is 17.1 Å². The Balaban J connectivity index is 3.06. The van der Waals surface area contributed by atoms with E-state index < -0.39 is 11.9 Å². The summed E-state index contributed by atoms with van der Waals surface area (Å²) in [5, 5.41) is 18.5. The lowest BCUT2D eigenvalue weighted by molar-refractivity contribution is -0.141. The average Bonchev–Trinajstić information content (AvgIpc) is 2.29. The minimum absolute atomic E-state index is 0.0270. The zero-order chi connectivity index (χ0) is 13.0. The van der Waals surface area contributed by atoms with Crippen molar-refractivity contribution in [2.24, 2.45) is 5.92 Å². The van der Waals surface area contributed by atoms with Crippen molar-refractivity contribution >= 4 is 5.97 Å². The molecule has 0 bridgehead atoms. The van der Waals surface area contributed by atoms with Crippen LogP contribution in [0, 0.1) is 5.92 Å². The first kappa shape index (κ1) is 13.2. The maximum Gasteiger partial charge on any atom is 0.306 e. The summed E-state index contributed by atoms with van der Waals surface area (Å²) in [6.07, 6.45) is 0.288. The van der Waals surface area contributed by atoms with Gasteiger partial charge in [-0.25, -0.2) is 0 Å². The molecule has 0 saturated heterocycles. The summed E-state index contributed by atoms with van der Waals surface area (Å²) in [6, 6.07) is 3.01. The van der Waals surface area contributed by atoms with E-state index in [1.165, 1.54) is 20.3 Å². The van der Waals surface area contributed by atoms with Crippen LogP contribution in [0.3, 0.4) is 0 Å². The predicted octanol–water partition coefficient (Wildman–Crippen LogP) is 1.67. The number of hydrogen-bond donors (Lipinski definition) is 2. The maximum atomic E-state index is 10.8. The van der Waals surface area contributed by atoms with Crippen molar-refractivity contribution in [3.63, 3.8) is 0 Å². The Morgan fingerprint density at radius 3 is 2.35 bits per heavy atom. The smallest absolute Gasteiger partial charge is 0.306 e. The van der Waals surface area contributed by atoms with Crippen molar-refractivity contribution in [2.75, 3.05) is 14.2 Å². The first-order valence-corrected chi connectivity index (χ1v) is 5.16. The summed E-state index contributed by atoms with van der Waals surface area (Å²) >= 11 is 0. The van der Waals surface area contributed by atoms with Gasteiger partial charge in [0, 0.05) is 6.07 Å². The topological polar surface area (TPSA) is 76.0 Å². The normalized spacial score (nSPS) is 11.9. The zero-order valence-electron chi connectivity index (χ0n) is 10.1. The van der Waals surface area contributed by atoms with Crippen LogP contribution in [0.1, 0.15) is 12.5 Å². The molecule has 0 aliphatic carbocycles. The Morgan fingerprint density at radius 1 is 1.29 bits per heavy atom. The molecule has 0 aliphatic rings. The summed E-state index contributed by atoms with van der Waals surface area (Å²) in [7, 11) is 2.93. The molecule has 1 aromatic rings. The minimum atomic E-state index is -0.887. The highest BCUT2D eigenvalue weighted by molar-refractivity contribution is 5.70. The number of phenolic OH excluding ortho intramolecular Hbond substituents is 1. The monoisotopic (exact) mass is 240 g/mol. The van der Waals surface area contributed by atoms with E-state index >= 15 is 0 Å². The molecule has 0 radical (unpaired) electrons. The predicted molar refractivity (Wildman–Crippen MR) is 61.7 cm³/mol. The molecule has 0 fully saturated rings. The van der Waals surface area contributed by atoms with Crippen LogP contribution in [0.2, 0.25) is 0 Å².